The molecule has 2 fully saturated rings. The number of hydrogen-bond acceptors (Lipinski definition) is 7. The van der Waals surface area contributed by atoms with Gasteiger partial charge in [0.05, 0.1) is 31.0 Å². The molecule has 4 rings (SSSR count). The molecule has 2 atom stereocenters. The van der Waals surface area contributed by atoms with E-state index in [-0.39, 0.29) is 19.0 Å². The molecule has 2 aliphatic heterocycles. The van der Waals surface area contributed by atoms with E-state index in [0.29, 0.717) is 61.3 Å². The van der Waals surface area contributed by atoms with Crippen molar-refractivity contribution in [2.75, 3.05) is 43.1 Å². The minimum atomic E-state index is -4.47. The normalized spacial score (nSPS) is 23.5. The Morgan fingerprint density at radius 3 is 2.91 bits per heavy atom. The molecule has 2 aromatic rings. The van der Waals surface area contributed by atoms with Crippen LogP contribution in [0.5, 0.6) is 0 Å². The number of halogens is 3. The van der Waals surface area contributed by atoms with E-state index < -0.39 is 11.6 Å². The number of morpholine rings is 1. The zero-order valence-corrected chi connectivity index (χ0v) is 18.2. The van der Waals surface area contributed by atoms with Crippen LogP contribution in [-0.4, -0.2) is 66.5 Å². The Morgan fingerprint density at radius 1 is 1.42 bits per heavy atom. The van der Waals surface area contributed by atoms with Gasteiger partial charge in [-0.05, 0) is 32.4 Å². The molecular weight excluding hydrogens is 435 g/mol. The summed E-state index contributed by atoms with van der Waals surface area (Å²) >= 11 is 0. The number of ether oxygens (including phenoxy) is 1. The first-order chi connectivity index (χ1) is 15.8. The van der Waals surface area contributed by atoms with Crippen molar-refractivity contribution < 1.29 is 17.9 Å². The maximum Gasteiger partial charge on any atom is 0.406 e. The number of alkyl halides is 3. The Hall–Kier alpha value is -3.10. The van der Waals surface area contributed by atoms with Crippen LogP contribution in [0.2, 0.25) is 0 Å². The van der Waals surface area contributed by atoms with Gasteiger partial charge >= 0.3 is 6.18 Å². The number of aromatic amines is 1. The van der Waals surface area contributed by atoms with Gasteiger partial charge in [0, 0.05) is 30.9 Å². The lowest BCUT2D eigenvalue weighted by Crippen LogP contribution is -2.48. The molecule has 0 radical (unpaired) electrons. The first-order valence-electron chi connectivity index (χ1n) is 10.8. The largest absolute Gasteiger partial charge is 0.406 e. The number of piperidine rings is 1. The van der Waals surface area contributed by atoms with Crippen molar-refractivity contribution in [2.24, 2.45) is 5.41 Å². The van der Waals surface area contributed by atoms with Crippen molar-refractivity contribution in [1.82, 2.24) is 20.5 Å². The maximum atomic E-state index is 14.0. The quantitative estimate of drug-likeness (QED) is 0.412. The molecule has 11 heteroatoms. The van der Waals surface area contributed by atoms with E-state index in [1.165, 1.54) is 0 Å². The summed E-state index contributed by atoms with van der Waals surface area (Å²) in [5.41, 5.74) is -1.51. The molecule has 8 nitrogen and oxygen atoms in total. The molecule has 2 aliphatic rings. The van der Waals surface area contributed by atoms with Crippen LogP contribution in [0.25, 0.3) is 0 Å². The highest BCUT2D eigenvalue weighted by Gasteiger charge is 2.54. The second-order valence-electron chi connectivity index (χ2n) is 8.26. The van der Waals surface area contributed by atoms with Crippen LogP contribution < -0.4 is 15.5 Å². The van der Waals surface area contributed by atoms with Crippen LogP contribution >= 0.6 is 0 Å². The van der Waals surface area contributed by atoms with E-state index in [1.807, 2.05) is 11.8 Å². The second-order valence-corrected chi connectivity index (χ2v) is 8.26. The van der Waals surface area contributed by atoms with Crippen molar-refractivity contribution >= 4 is 23.7 Å². The molecule has 2 saturated heterocycles. The summed E-state index contributed by atoms with van der Waals surface area (Å²) in [4.78, 5) is 6.70. The number of nitrogens with one attached hydrogen (secondary N) is 4. The molecule has 33 heavy (non-hydrogen) atoms. The molecular formula is C22H26F3N7O. The maximum absolute atomic E-state index is 14.0. The average Bonchev–Trinajstić information content (AvgIpc) is 3.31. The lowest BCUT2D eigenvalue weighted by molar-refractivity contribution is -0.206. The number of H-pyrrole nitrogens is 1. The summed E-state index contributed by atoms with van der Waals surface area (Å²) in [6.07, 6.45) is -1.52. The van der Waals surface area contributed by atoms with E-state index in [2.05, 4.69) is 37.7 Å². The highest BCUT2D eigenvalue weighted by Crippen LogP contribution is 2.42. The van der Waals surface area contributed by atoms with Gasteiger partial charge in [-0.3, -0.25) is 5.10 Å². The lowest BCUT2D eigenvalue weighted by Gasteiger charge is -2.35. The summed E-state index contributed by atoms with van der Waals surface area (Å²) in [5.74, 6) is 6.72. The van der Waals surface area contributed by atoms with Gasteiger partial charge in [0.1, 0.15) is 22.9 Å². The third kappa shape index (κ3) is 4.82. The number of rotatable bonds is 4. The predicted octanol–water partition coefficient (Wildman–Crippen LogP) is 3.05. The number of aromatic nitrogens is 3. The van der Waals surface area contributed by atoms with Crippen molar-refractivity contribution in [3.8, 4) is 11.8 Å². The highest BCUT2D eigenvalue weighted by molar-refractivity contribution is 5.90. The van der Waals surface area contributed by atoms with Crippen LogP contribution in [0.1, 0.15) is 30.9 Å². The lowest BCUT2D eigenvalue weighted by atomic mass is 9.80. The number of pyridine rings is 1. The minimum absolute atomic E-state index is 0.0296. The van der Waals surface area contributed by atoms with Gasteiger partial charge in [-0.1, -0.05) is 11.8 Å². The van der Waals surface area contributed by atoms with Crippen LogP contribution in [0, 0.1) is 22.7 Å². The Bertz CT molecular complexity index is 1040. The fourth-order valence-corrected chi connectivity index (χ4v) is 4.07. The minimum Gasteiger partial charge on any atom is -0.377 e. The van der Waals surface area contributed by atoms with Crippen LogP contribution in [-0.2, 0) is 4.74 Å². The fourth-order valence-electron chi connectivity index (χ4n) is 4.07. The monoisotopic (exact) mass is 461 g/mol. The Kier molecular flexibility index (Phi) is 6.58. The third-order valence-corrected chi connectivity index (χ3v) is 5.97. The summed E-state index contributed by atoms with van der Waals surface area (Å²) in [5, 5.41) is 20.5. The average molecular weight is 461 g/mol. The molecule has 0 aromatic carbocycles. The molecule has 4 N–H and O–H groups in total. The van der Waals surface area contributed by atoms with Crippen molar-refractivity contribution in [1.29, 1.82) is 5.41 Å². The van der Waals surface area contributed by atoms with E-state index in [1.54, 1.807) is 18.3 Å². The van der Waals surface area contributed by atoms with Gasteiger partial charge in [-0.2, -0.15) is 18.3 Å². The van der Waals surface area contributed by atoms with Gasteiger partial charge in [0.15, 0.2) is 0 Å². The number of anilines is 3. The molecule has 0 bridgehead atoms. The van der Waals surface area contributed by atoms with Gasteiger partial charge in [-0.25, -0.2) is 4.98 Å². The predicted molar refractivity (Wildman–Crippen MR) is 119 cm³/mol. The zero-order valence-electron chi connectivity index (χ0n) is 18.2. The number of nitrogens with zero attached hydrogens (tertiary/aromatic N) is 3. The molecule has 4 heterocycles. The highest BCUT2D eigenvalue weighted by atomic mass is 19.4. The van der Waals surface area contributed by atoms with Crippen molar-refractivity contribution in [2.45, 2.75) is 32.0 Å². The first-order valence-corrected chi connectivity index (χ1v) is 10.8. The molecule has 2 aromatic heterocycles. The second kappa shape index (κ2) is 9.41. The van der Waals surface area contributed by atoms with Crippen LogP contribution in [0.15, 0.2) is 18.3 Å². The van der Waals surface area contributed by atoms with E-state index in [9.17, 15) is 13.2 Å². The summed E-state index contributed by atoms with van der Waals surface area (Å²) in [6.45, 7) is 3.90. The van der Waals surface area contributed by atoms with Crippen molar-refractivity contribution in [3.63, 3.8) is 0 Å². The third-order valence-electron chi connectivity index (χ3n) is 5.97. The van der Waals surface area contributed by atoms with Crippen LogP contribution in [0.4, 0.5) is 30.6 Å². The smallest absolute Gasteiger partial charge is 0.377 e. The zero-order chi connectivity index (χ0) is 23.5. The number of hydrogen-bond donors (Lipinski definition) is 4. The molecule has 0 spiro atoms. The molecule has 0 saturated carbocycles. The fraction of sp³-hybridized carbons (Fsp3) is 0.500. The molecule has 176 valence electrons. The summed E-state index contributed by atoms with van der Waals surface area (Å²) in [7, 11) is 0. The standard InChI is InChI=1S/C22H26F3N7O/c1-15-13-33-10-9-32(15)19-11-16(3-6-21(22(23,24)25)5-2-7-27-14-21)17(12-26)20(30-19)29-18-4-8-28-31-18/h4,8,11-12,15,26-27H,2,5,7,9-10,13-14H2,1H3,(H2,28,29,30,31)/t15-,21?/m1/s1. The Labute approximate surface area is 189 Å². The summed E-state index contributed by atoms with van der Waals surface area (Å²) in [6, 6.07) is 3.38. The van der Waals surface area contributed by atoms with Crippen LogP contribution in [0.3, 0.4) is 0 Å². The van der Waals surface area contributed by atoms with Gasteiger partial charge < -0.3 is 25.7 Å². The molecule has 1 unspecified atom stereocenters. The van der Waals surface area contributed by atoms with Gasteiger partial charge in [0.2, 0.25) is 0 Å². The summed E-state index contributed by atoms with van der Waals surface area (Å²) < 4.78 is 47.5. The van der Waals surface area contributed by atoms with Gasteiger partial charge in [-0.15, -0.1) is 0 Å². The SMILES string of the molecule is C[C@@H]1COCCN1c1cc(C#CC2(C(F)(F)F)CCCNC2)c(C=N)c(Nc2ccn[nH]2)n1. The van der Waals surface area contributed by atoms with E-state index >= 15 is 0 Å². The molecule has 0 amide bonds. The molecule has 0 aliphatic carbocycles. The topological polar surface area (TPSA) is 102 Å². The van der Waals surface area contributed by atoms with Gasteiger partial charge in [0.25, 0.3) is 0 Å². The Morgan fingerprint density at radius 2 is 2.27 bits per heavy atom. The van der Waals surface area contributed by atoms with E-state index in [4.69, 9.17) is 10.1 Å². The Balaban J connectivity index is 1.81. The first kappa shape index (κ1) is 23.1. The van der Waals surface area contributed by atoms with Crippen molar-refractivity contribution in [3.05, 3.63) is 29.5 Å². The van der Waals surface area contributed by atoms with E-state index in [0.717, 1.165) is 6.21 Å².